The van der Waals surface area contributed by atoms with Crippen LogP contribution < -0.4 is 14.8 Å². The van der Waals surface area contributed by atoms with Crippen LogP contribution in [0.5, 0.6) is 11.5 Å². The van der Waals surface area contributed by atoms with E-state index in [0.717, 1.165) is 12.0 Å². The Kier molecular flexibility index (Phi) is 4.18. The van der Waals surface area contributed by atoms with Gasteiger partial charge in [-0.1, -0.05) is 12.1 Å². The fraction of sp³-hybridized carbons (Fsp3) is 0.250. The van der Waals surface area contributed by atoms with E-state index in [-0.39, 0.29) is 18.1 Å². The fourth-order valence-corrected chi connectivity index (χ4v) is 2.23. The first-order valence-corrected chi connectivity index (χ1v) is 7.14. The molecule has 120 valence electrons. The van der Waals surface area contributed by atoms with Gasteiger partial charge in [0.1, 0.15) is 0 Å². The molecule has 0 unspecified atom stereocenters. The largest absolute Gasteiger partial charge is 0.490 e. The third kappa shape index (κ3) is 3.28. The van der Waals surface area contributed by atoms with Gasteiger partial charge >= 0.3 is 5.97 Å². The lowest BCUT2D eigenvalue weighted by atomic mass is 10.2. The van der Waals surface area contributed by atoms with Gasteiger partial charge in [0.25, 0.3) is 5.91 Å². The van der Waals surface area contributed by atoms with Crippen LogP contribution in [0.1, 0.15) is 33.1 Å². The number of hydrogen-bond donors (Lipinski definition) is 2. The van der Waals surface area contributed by atoms with Crippen LogP contribution in [-0.4, -0.2) is 30.2 Å². The minimum atomic E-state index is -1.22. The number of benzene rings is 1. The number of hydrogen-bond acceptors (Lipinski definition) is 5. The minimum absolute atomic E-state index is 0.0541. The topological polar surface area (TPSA) is 98.0 Å². The van der Waals surface area contributed by atoms with Gasteiger partial charge in [-0.2, -0.15) is 0 Å². The van der Waals surface area contributed by atoms with E-state index in [9.17, 15) is 9.59 Å². The number of nitrogens with one attached hydrogen (secondary N) is 1. The number of carboxylic acid groups (broad SMARTS) is 1. The average Bonchev–Trinajstić information content (AvgIpc) is 2.92. The monoisotopic (exact) mass is 317 g/mol. The second-order valence-corrected chi connectivity index (χ2v) is 4.95. The summed E-state index contributed by atoms with van der Waals surface area (Å²) < 4.78 is 16.2. The van der Waals surface area contributed by atoms with Gasteiger partial charge in [-0.05, 0) is 18.2 Å². The van der Waals surface area contributed by atoms with Crippen LogP contribution in [0.4, 0.5) is 0 Å². The van der Waals surface area contributed by atoms with E-state index < -0.39 is 11.9 Å². The second-order valence-electron chi connectivity index (χ2n) is 4.95. The molecule has 0 fully saturated rings. The zero-order chi connectivity index (χ0) is 16.2. The highest BCUT2D eigenvalue weighted by molar-refractivity contribution is 5.93. The van der Waals surface area contributed by atoms with E-state index in [1.165, 1.54) is 12.1 Å². The van der Waals surface area contributed by atoms with Gasteiger partial charge in [-0.15, -0.1) is 0 Å². The van der Waals surface area contributed by atoms with E-state index >= 15 is 0 Å². The van der Waals surface area contributed by atoms with Crippen LogP contribution in [0.3, 0.4) is 0 Å². The first-order valence-electron chi connectivity index (χ1n) is 7.14. The molecule has 2 aromatic rings. The SMILES string of the molecule is O=C(O)c1ccc(C(=O)NCc2cccc3c2OCCCO3)o1. The molecule has 1 amide bonds. The summed E-state index contributed by atoms with van der Waals surface area (Å²) in [5.41, 5.74) is 0.780. The molecule has 23 heavy (non-hydrogen) atoms. The van der Waals surface area contributed by atoms with E-state index in [0.29, 0.717) is 24.7 Å². The molecule has 7 heteroatoms. The molecular weight excluding hydrogens is 302 g/mol. The summed E-state index contributed by atoms with van der Waals surface area (Å²) in [4.78, 5) is 22.8. The van der Waals surface area contributed by atoms with E-state index in [4.69, 9.17) is 19.0 Å². The molecular formula is C16H15NO6. The van der Waals surface area contributed by atoms with Crippen molar-refractivity contribution in [3.8, 4) is 11.5 Å². The highest BCUT2D eigenvalue weighted by Gasteiger charge is 2.17. The molecule has 1 aromatic heterocycles. The number of aromatic carboxylic acids is 1. The third-order valence-electron chi connectivity index (χ3n) is 3.33. The van der Waals surface area contributed by atoms with Crippen LogP contribution in [-0.2, 0) is 6.54 Å². The third-order valence-corrected chi connectivity index (χ3v) is 3.33. The summed E-state index contributed by atoms with van der Waals surface area (Å²) >= 11 is 0. The lowest BCUT2D eigenvalue weighted by molar-refractivity contribution is 0.0659. The molecule has 3 rings (SSSR count). The zero-order valence-electron chi connectivity index (χ0n) is 12.2. The minimum Gasteiger partial charge on any atom is -0.490 e. The molecule has 7 nitrogen and oxygen atoms in total. The summed E-state index contributed by atoms with van der Waals surface area (Å²) in [6, 6.07) is 8.04. The highest BCUT2D eigenvalue weighted by atomic mass is 16.5. The number of para-hydroxylation sites is 1. The zero-order valence-corrected chi connectivity index (χ0v) is 12.2. The van der Waals surface area contributed by atoms with Crippen LogP contribution in [0.25, 0.3) is 0 Å². The summed E-state index contributed by atoms with van der Waals surface area (Å²) in [7, 11) is 0. The van der Waals surface area contributed by atoms with Crippen molar-refractivity contribution >= 4 is 11.9 Å². The average molecular weight is 317 g/mol. The van der Waals surface area contributed by atoms with E-state index in [2.05, 4.69) is 5.32 Å². The van der Waals surface area contributed by atoms with Gasteiger partial charge in [0, 0.05) is 18.5 Å². The van der Waals surface area contributed by atoms with Gasteiger partial charge in [-0.3, -0.25) is 4.79 Å². The first-order chi connectivity index (χ1) is 11.1. The fourth-order valence-electron chi connectivity index (χ4n) is 2.23. The standard InChI is InChI=1S/C16H15NO6/c18-15(12-5-6-13(23-12)16(19)20)17-9-10-3-1-4-11-14(10)22-8-2-7-21-11/h1,3-6H,2,7-9H2,(H,17,18)(H,19,20). The molecule has 0 bridgehead atoms. The number of carbonyl (C=O) groups is 2. The van der Waals surface area contributed by atoms with Crippen molar-refractivity contribution in [2.24, 2.45) is 0 Å². The number of ether oxygens (including phenoxy) is 2. The summed E-state index contributed by atoms with van der Waals surface area (Å²) in [6.45, 7) is 1.36. The number of carbonyl (C=O) groups excluding carboxylic acids is 1. The normalized spacial score (nSPS) is 13.2. The molecule has 1 aliphatic rings. The number of amides is 1. The molecule has 0 aliphatic carbocycles. The molecule has 0 radical (unpaired) electrons. The van der Waals surface area contributed by atoms with Crippen molar-refractivity contribution < 1.29 is 28.6 Å². The Labute approximate surface area is 131 Å². The Hall–Kier alpha value is -2.96. The van der Waals surface area contributed by atoms with Gasteiger partial charge in [0.05, 0.1) is 13.2 Å². The summed E-state index contributed by atoms with van der Waals surface area (Å²) in [5.74, 6) is -0.772. The van der Waals surface area contributed by atoms with Crippen molar-refractivity contribution in [3.63, 3.8) is 0 Å². The van der Waals surface area contributed by atoms with Crippen molar-refractivity contribution in [3.05, 3.63) is 47.4 Å². The Morgan fingerprint density at radius 3 is 2.65 bits per heavy atom. The Bertz CT molecular complexity index is 736. The number of fused-ring (bicyclic) bond motifs is 1. The van der Waals surface area contributed by atoms with Crippen molar-refractivity contribution in [1.29, 1.82) is 0 Å². The maximum atomic E-state index is 12.0. The summed E-state index contributed by atoms with van der Waals surface area (Å²) in [6.07, 6.45) is 0.796. The quantitative estimate of drug-likeness (QED) is 0.896. The highest BCUT2D eigenvalue weighted by Crippen LogP contribution is 2.33. The van der Waals surface area contributed by atoms with Crippen molar-refractivity contribution in [2.75, 3.05) is 13.2 Å². The molecule has 2 heterocycles. The van der Waals surface area contributed by atoms with Crippen molar-refractivity contribution in [2.45, 2.75) is 13.0 Å². The van der Waals surface area contributed by atoms with Crippen LogP contribution >= 0.6 is 0 Å². The van der Waals surface area contributed by atoms with Gasteiger partial charge in [0.15, 0.2) is 17.3 Å². The van der Waals surface area contributed by atoms with Gasteiger partial charge in [-0.25, -0.2) is 4.79 Å². The predicted molar refractivity (Wildman–Crippen MR) is 78.9 cm³/mol. The maximum Gasteiger partial charge on any atom is 0.371 e. The molecule has 0 spiro atoms. The Morgan fingerprint density at radius 2 is 1.87 bits per heavy atom. The molecule has 0 saturated heterocycles. The van der Waals surface area contributed by atoms with Gasteiger partial charge in [0.2, 0.25) is 5.76 Å². The molecule has 1 aliphatic heterocycles. The smallest absolute Gasteiger partial charge is 0.371 e. The van der Waals surface area contributed by atoms with Crippen LogP contribution in [0, 0.1) is 0 Å². The Balaban J connectivity index is 1.70. The second kappa shape index (κ2) is 6.43. The van der Waals surface area contributed by atoms with Crippen LogP contribution in [0.2, 0.25) is 0 Å². The lowest BCUT2D eigenvalue weighted by Crippen LogP contribution is -2.22. The molecule has 1 aromatic carbocycles. The molecule has 2 N–H and O–H groups in total. The van der Waals surface area contributed by atoms with Gasteiger partial charge < -0.3 is 24.3 Å². The van der Waals surface area contributed by atoms with E-state index in [1.807, 2.05) is 18.2 Å². The predicted octanol–water partition coefficient (Wildman–Crippen LogP) is 2.07. The maximum absolute atomic E-state index is 12.0. The molecule has 0 saturated carbocycles. The lowest BCUT2D eigenvalue weighted by Gasteiger charge is -2.12. The van der Waals surface area contributed by atoms with Crippen molar-refractivity contribution in [1.82, 2.24) is 5.32 Å². The first kappa shape index (κ1) is 15.0. The number of rotatable bonds is 4. The van der Waals surface area contributed by atoms with Crippen LogP contribution in [0.15, 0.2) is 34.7 Å². The van der Waals surface area contributed by atoms with E-state index in [1.54, 1.807) is 0 Å². The number of furan rings is 1. The number of carboxylic acids is 1. The summed E-state index contributed by atoms with van der Waals surface area (Å²) in [5, 5.41) is 11.5. The molecule has 0 atom stereocenters. The Morgan fingerprint density at radius 1 is 1.09 bits per heavy atom.